The SMILES string of the molecule is C=C[C@H]1CN(Cc2ccco2)C(=O)C2CCC[C@@H]1N2S(=O)(=O)c1cc(Cl)cc(Cl)c1. The number of hydrogen-bond acceptors (Lipinski definition) is 4. The maximum absolute atomic E-state index is 13.7. The lowest BCUT2D eigenvalue weighted by molar-refractivity contribution is -0.135. The van der Waals surface area contributed by atoms with E-state index in [-0.39, 0.29) is 39.4 Å². The molecule has 9 heteroatoms. The summed E-state index contributed by atoms with van der Waals surface area (Å²) < 4.78 is 34.1. The number of furan rings is 1. The summed E-state index contributed by atoms with van der Waals surface area (Å²) in [6, 6.07) is 6.64. The maximum Gasteiger partial charge on any atom is 0.244 e. The highest BCUT2D eigenvalue weighted by atomic mass is 35.5. The smallest absolute Gasteiger partial charge is 0.244 e. The Labute approximate surface area is 186 Å². The molecular weight excluding hydrogens is 447 g/mol. The fourth-order valence-corrected chi connectivity index (χ4v) is 7.03. The number of nitrogens with zero attached hydrogens (tertiary/aromatic N) is 2. The molecule has 1 amide bonds. The molecule has 2 aromatic rings. The Morgan fingerprint density at radius 2 is 1.93 bits per heavy atom. The van der Waals surface area contributed by atoms with Crippen LogP contribution in [0.4, 0.5) is 0 Å². The molecule has 0 radical (unpaired) electrons. The number of benzene rings is 1. The van der Waals surface area contributed by atoms with E-state index in [1.165, 1.54) is 22.5 Å². The number of carbonyl (C=O) groups is 1. The first-order valence-corrected chi connectivity index (χ1v) is 11.9. The van der Waals surface area contributed by atoms with E-state index in [4.69, 9.17) is 27.6 Å². The lowest BCUT2D eigenvalue weighted by Crippen LogP contribution is -2.54. The van der Waals surface area contributed by atoms with Crippen LogP contribution in [0.5, 0.6) is 0 Å². The average Bonchev–Trinajstić information content (AvgIpc) is 3.20. The summed E-state index contributed by atoms with van der Waals surface area (Å²) in [7, 11) is -4.01. The molecule has 1 aromatic heterocycles. The van der Waals surface area contributed by atoms with Crippen molar-refractivity contribution >= 4 is 39.1 Å². The number of piperidine rings is 1. The van der Waals surface area contributed by atoms with Crippen molar-refractivity contribution in [3.8, 4) is 0 Å². The molecule has 0 saturated carbocycles. The minimum atomic E-state index is -4.01. The third-order valence-electron chi connectivity index (χ3n) is 5.77. The number of rotatable bonds is 5. The molecule has 0 N–H and O–H groups in total. The van der Waals surface area contributed by atoms with Crippen molar-refractivity contribution in [1.29, 1.82) is 0 Å². The normalized spacial score (nSPS) is 25.2. The second-order valence-electron chi connectivity index (χ2n) is 7.65. The topological polar surface area (TPSA) is 70.8 Å². The lowest BCUT2D eigenvalue weighted by Gasteiger charge is -2.40. The van der Waals surface area contributed by atoms with Gasteiger partial charge in [-0.15, -0.1) is 6.58 Å². The summed E-state index contributed by atoms with van der Waals surface area (Å²) in [5.41, 5.74) is 0. The van der Waals surface area contributed by atoms with E-state index in [1.54, 1.807) is 29.4 Å². The van der Waals surface area contributed by atoms with E-state index in [0.717, 1.165) is 6.42 Å². The van der Waals surface area contributed by atoms with Gasteiger partial charge in [0.1, 0.15) is 11.8 Å². The van der Waals surface area contributed by atoms with Gasteiger partial charge in [0.2, 0.25) is 15.9 Å². The molecule has 2 saturated heterocycles. The van der Waals surface area contributed by atoms with Crippen molar-refractivity contribution in [2.45, 2.75) is 42.8 Å². The summed E-state index contributed by atoms with van der Waals surface area (Å²) in [6.07, 6.45) is 5.18. The third kappa shape index (κ3) is 3.91. The van der Waals surface area contributed by atoms with Crippen LogP contribution in [-0.4, -0.2) is 42.2 Å². The van der Waals surface area contributed by atoms with Gasteiger partial charge in [0.25, 0.3) is 0 Å². The van der Waals surface area contributed by atoms with Gasteiger partial charge in [-0.3, -0.25) is 4.79 Å². The van der Waals surface area contributed by atoms with E-state index < -0.39 is 16.1 Å². The van der Waals surface area contributed by atoms with Crippen LogP contribution in [0.1, 0.15) is 25.0 Å². The molecule has 3 atom stereocenters. The van der Waals surface area contributed by atoms with Crippen molar-refractivity contribution in [3.63, 3.8) is 0 Å². The summed E-state index contributed by atoms with van der Waals surface area (Å²) in [4.78, 5) is 15.1. The van der Waals surface area contributed by atoms with Crippen LogP contribution in [0.3, 0.4) is 0 Å². The Balaban J connectivity index is 1.77. The Morgan fingerprint density at radius 1 is 1.20 bits per heavy atom. The summed E-state index contributed by atoms with van der Waals surface area (Å²) in [5, 5.41) is 0.458. The fraction of sp³-hybridized carbons (Fsp3) is 0.381. The Hall–Kier alpha value is -1.80. The zero-order chi connectivity index (χ0) is 21.5. The molecule has 1 unspecified atom stereocenters. The molecule has 2 aliphatic rings. The number of amides is 1. The molecule has 2 bridgehead atoms. The van der Waals surface area contributed by atoms with E-state index in [2.05, 4.69) is 6.58 Å². The van der Waals surface area contributed by atoms with Gasteiger partial charge in [-0.25, -0.2) is 8.42 Å². The molecule has 0 spiro atoms. The van der Waals surface area contributed by atoms with Crippen LogP contribution < -0.4 is 0 Å². The van der Waals surface area contributed by atoms with Crippen molar-refractivity contribution in [3.05, 3.63) is 65.1 Å². The monoisotopic (exact) mass is 468 g/mol. The van der Waals surface area contributed by atoms with Crippen LogP contribution in [-0.2, 0) is 21.4 Å². The minimum absolute atomic E-state index is 0.00741. The Bertz CT molecular complexity index is 1030. The van der Waals surface area contributed by atoms with Crippen molar-refractivity contribution in [2.75, 3.05) is 6.54 Å². The number of sulfonamides is 1. The Morgan fingerprint density at radius 3 is 2.57 bits per heavy atom. The molecule has 3 heterocycles. The molecule has 6 nitrogen and oxygen atoms in total. The first-order valence-electron chi connectivity index (χ1n) is 9.74. The highest BCUT2D eigenvalue weighted by Crippen LogP contribution is 2.38. The lowest BCUT2D eigenvalue weighted by atomic mass is 9.90. The molecule has 2 fully saturated rings. The van der Waals surface area contributed by atoms with E-state index >= 15 is 0 Å². The molecule has 2 aliphatic heterocycles. The average molecular weight is 469 g/mol. The largest absolute Gasteiger partial charge is 0.467 e. The predicted molar refractivity (Wildman–Crippen MR) is 115 cm³/mol. The quantitative estimate of drug-likeness (QED) is 0.611. The maximum atomic E-state index is 13.7. The predicted octanol–water partition coefficient (Wildman–Crippen LogP) is 4.34. The van der Waals surface area contributed by atoms with Gasteiger partial charge in [0, 0.05) is 28.5 Å². The van der Waals surface area contributed by atoms with Crippen molar-refractivity contribution < 1.29 is 17.6 Å². The minimum Gasteiger partial charge on any atom is -0.467 e. The van der Waals surface area contributed by atoms with Gasteiger partial charge in [-0.2, -0.15) is 4.31 Å². The number of halogens is 2. The van der Waals surface area contributed by atoms with E-state index in [1.807, 2.05) is 0 Å². The number of carbonyl (C=O) groups excluding carboxylic acids is 1. The number of fused-ring (bicyclic) bond motifs is 2. The fourth-order valence-electron chi connectivity index (χ4n) is 4.43. The first-order chi connectivity index (χ1) is 14.3. The van der Waals surface area contributed by atoms with Crippen molar-refractivity contribution in [1.82, 2.24) is 9.21 Å². The van der Waals surface area contributed by atoms with Crippen LogP contribution in [0.25, 0.3) is 0 Å². The molecule has 30 heavy (non-hydrogen) atoms. The standard InChI is InChI=1S/C21H22Cl2N2O4S/c1-2-14-12-24(13-17-5-4-8-29-17)21(26)20-7-3-6-19(14)25(20)30(27,28)18-10-15(22)9-16(23)11-18/h2,4-5,8-11,14,19-20H,1,3,6-7,12-13H2/t14-,19-,20?/m0/s1. The van der Waals surface area contributed by atoms with Gasteiger partial charge in [0.05, 0.1) is 17.7 Å². The second-order valence-corrected chi connectivity index (χ2v) is 10.4. The van der Waals surface area contributed by atoms with Crippen molar-refractivity contribution in [2.24, 2.45) is 5.92 Å². The molecule has 0 aliphatic carbocycles. The van der Waals surface area contributed by atoms with Crippen LogP contribution in [0.2, 0.25) is 10.0 Å². The highest BCUT2D eigenvalue weighted by molar-refractivity contribution is 7.89. The molecular formula is C21H22Cl2N2O4S. The molecule has 1 aromatic carbocycles. The molecule has 4 rings (SSSR count). The van der Waals surface area contributed by atoms with E-state index in [9.17, 15) is 13.2 Å². The second kappa shape index (κ2) is 8.38. The van der Waals surface area contributed by atoms with Crippen LogP contribution in [0, 0.1) is 5.92 Å². The third-order valence-corrected chi connectivity index (χ3v) is 8.12. The highest BCUT2D eigenvalue weighted by Gasteiger charge is 2.49. The summed E-state index contributed by atoms with van der Waals surface area (Å²) in [6.45, 7) is 4.59. The number of hydrogen-bond donors (Lipinski definition) is 0. The summed E-state index contributed by atoms with van der Waals surface area (Å²) >= 11 is 12.1. The van der Waals surface area contributed by atoms with E-state index in [0.29, 0.717) is 25.1 Å². The van der Waals surface area contributed by atoms with Gasteiger partial charge in [-0.05, 0) is 49.6 Å². The van der Waals surface area contributed by atoms with Crippen LogP contribution >= 0.6 is 23.2 Å². The summed E-state index contributed by atoms with van der Waals surface area (Å²) in [5.74, 6) is 0.217. The first kappa shape index (κ1) is 21.4. The van der Waals surface area contributed by atoms with Gasteiger partial charge in [-0.1, -0.05) is 29.3 Å². The van der Waals surface area contributed by atoms with Crippen LogP contribution in [0.15, 0.2) is 58.6 Å². The Kier molecular flexibility index (Phi) is 5.99. The van der Waals surface area contributed by atoms with Gasteiger partial charge < -0.3 is 9.32 Å². The van der Waals surface area contributed by atoms with Gasteiger partial charge >= 0.3 is 0 Å². The zero-order valence-electron chi connectivity index (χ0n) is 16.2. The van der Waals surface area contributed by atoms with Gasteiger partial charge in [0.15, 0.2) is 0 Å². The molecule has 160 valence electrons. The zero-order valence-corrected chi connectivity index (χ0v) is 18.5.